The number of ether oxygens (including phenoxy) is 3. The van der Waals surface area contributed by atoms with Crippen LogP contribution in [0.3, 0.4) is 0 Å². The zero-order valence-electron chi connectivity index (χ0n) is 27.8. The van der Waals surface area contributed by atoms with E-state index >= 15 is 0 Å². The molecule has 3 atom stereocenters. The molecule has 248 valence electrons. The minimum Gasteiger partial charge on any atom is -0.462 e. The molecule has 0 saturated carbocycles. The van der Waals surface area contributed by atoms with Crippen molar-refractivity contribution in [1.29, 1.82) is 0 Å². The van der Waals surface area contributed by atoms with E-state index in [0.29, 0.717) is 19.3 Å². The number of hydrogen-bond donors (Lipinski definition) is 1. The number of aliphatic hydroxyl groups excluding tert-OH is 1. The fourth-order valence-corrected chi connectivity index (χ4v) is 5.00. The smallest absolute Gasteiger partial charge is 0.306 e. The van der Waals surface area contributed by atoms with E-state index in [0.717, 1.165) is 50.9 Å². The molecular formula is C37H64O6. The first-order valence-electron chi connectivity index (χ1n) is 17.5. The maximum atomic E-state index is 12.1. The van der Waals surface area contributed by atoms with E-state index in [1.807, 2.05) is 0 Å². The monoisotopic (exact) mass is 604 g/mol. The van der Waals surface area contributed by atoms with Gasteiger partial charge >= 0.3 is 11.9 Å². The summed E-state index contributed by atoms with van der Waals surface area (Å²) in [6.07, 6.45) is 33.7. The Morgan fingerprint density at radius 1 is 0.744 bits per heavy atom. The van der Waals surface area contributed by atoms with Crippen LogP contribution in [0.1, 0.15) is 149 Å². The van der Waals surface area contributed by atoms with Gasteiger partial charge < -0.3 is 19.3 Å². The fourth-order valence-electron chi connectivity index (χ4n) is 5.00. The lowest BCUT2D eigenvalue weighted by atomic mass is 10.0. The standard InChI is InChI=1S/C37H64O6/c1-4-5-6-7-8-9-10-11-12-16-19-22-26-34-35(43-34)27-24-29-36(39)41-31-33(30-38)42-37(40)28-23-20-17-14-13-15-18-21-25-32(2)3/h8-9,11-12,19,22,32-35,38H,4-7,10,13-18,20-21,23-31H2,1-3H3/b9-8-,12-11-,22-19-/t33-,34?,35?/m0/s1. The Balaban J connectivity index is 1.98. The van der Waals surface area contributed by atoms with Gasteiger partial charge in [0.05, 0.1) is 18.8 Å². The highest BCUT2D eigenvalue weighted by atomic mass is 16.6. The molecule has 1 aliphatic heterocycles. The predicted octanol–water partition coefficient (Wildman–Crippen LogP) is 9.35. The molecule has 1 saturated heterocycles. The second kappa shape index (κ2) is 27.6. The summed E-state index contributed by atoms with van der Waals surface area (Å²) in [4.78, 5) is 24.2. The molecule has 0 bridgehead atoms. The molecule has 0 aromatic rings. The molecule has 43 heavy (non-hydrogen) atoms. The van der Waals surface area contributed by atoms with Crippen molar-refractivity contribution in [2.75, 3.05) is 13.2 Å². The molecule has 0 aliphatic carbocycles. The molecule has 6 heteroatoms. The zero-order valence-corrected chi connectivity index (χ0v) is 27.8. The highest BCUT2D eigenvalue weighted by molar-refractivity contribution is 5.70. The van der Waals surface area contributed by atoms with Gasteiger partial charge in [-0.3, -0.25) is 9.59 Å². The second-order valence-electron chi connectivity index (χ2n) is 12.5. The van der Waals surface area contributed by atoms with Crippen LogP contribution in [0.15, 0.2) is 36.5 Å². The summed E-state index contributed by atoms with van der Waals surface area (Å²) in [5.41, 5.74) is 0. The largest absolute Gasteiger partial charge is 0.462 e. The Kier molecular flexibility index (Phi) is 25.1. The van der Waals surface area contributed by atoms with Gasteiger partial charge in [0.1, 0.15) is 6.61 Å². The quantitative estimate of drug-likeness (QED) is 0.0396. The van der Waals surface area contributed by atoms with Crippen LogP contribution in [0.2, 0.25) is 0 Å². The van der Waals surface area contributed by atoms with Gasteiger partial charge in [-0.1, -0.05) is 121 Å². The van der Waals surface area contributed by atoms with Crippen LogP contribution in [-0.4, -0.2) is 48.6 Å². The molecule has 1 fully saturated rings. The third kappa shape index (κ3) is 25.1. The number of carbonyl (C=O) groups is 2. The number of epoxide rings is 1. The average molecular weight is 605 g/mol. The maximum Gasteiger partial charge on any atom is 0.306 e. The molecule has 0 spiro atoms. The Hall–Kier alpha value is -1.92. The molecule has 1 heterocycles. The summed E-state index contributed by atoms with van der Waals surface area (Å²) in [7, 11) is 0. The third-order valence-electron chi connectivity index (χ3n) is 7.79. The van der Waals surface area contributed by atoms with E-state index in [2.05, 4.69) is 57.2 Å². The van der Waals surface area contributed by atoms with E-state index in [1.54, 1.807) is 0 Å². The summed E-state index contributed by atoms with van der Waals surface area (Å²) < 4.78 is 16.3. The summed E-state index contributed by atoms with van der Waals surface area (Å²) in [6.45, 7) is 6.32. The number of carbonyl (C=O) groups excluding carboxylic acids is 2. The lowest BCUT2D eigenvalue weighted by Gasteiger charge is -2.15. The normalized spacial score (nSPS) is 17.4. The Labute approximate surface area is 263 Å². The minimum atomic E-state index is -0.799. The Bertz CT molecular complexity index is 771. The van der Waals surface area contributed by atoms with Crippen molar-refractivity contribution in [3.63, 3.8) is 0 Å². The van der Waals surface area contributed by atoms with Gasteiger partial charge in [0, 0.05) is 12.8 Å². The first-order valence-corrected chi connectivity index (χ1v) is 17.5. The second-order valence-corrected chi connectivity index (χ2v) is 12.5. The summed E-state index contributed by atoms with van der Waals surface area (Å²) >= 11 is 0. The SMILES string of the molecule is CCCCC/C=C\C/C=C\C/C=C\CC1OC1CCCC(=O)OC[C@H](CO)OC(=O)CCCCCCCCCCC(C)C. The highest BCUT2D eigenvalue weighted by Crippen LogP contribution is 2.30. The van der Waals surface area contributed by atoms with Crippen LogP contribution in [0.4, 0.5) is 0 Å². The summed E-state index contributed by atoms with van der Waals surface area (Å²) in [6, 6.07) is 0. The van der Waals surface area contributed by atoms with Crippen molar-refractivity contribution in [3.05, 3.63) is 36.5 Å². The maximum absolute atomic E-state index is 12.1. The number of aliphatic hydroxyl groups is 1. The van der Waals surface area contributed by atoms with E-state index in [1.165, 1.54) is 64.2 Å². The van der Waals surface area contributed by atoms with Crippen LogP contribution < -0.4 is 0 Å². The number of hydrogen-bond acceptors (Lipinski definition) is 6. The van der Waals surface area contributed by atoms with Crippen LogP contribution in [0.5, 0.6) is 0 Å². The van der Waals surface area contributed by atoms with E-state index in [4.69, 9.17) is 14.2 Å². The molecule has 0 radical (unpaired) electrons. The van der Waals surface area contributed by atoms with Crippen molar-refractivity contribution in [2.45, 2.75) is 167 Å². The fraction of sp³-hybridized carbons (Fsp3) is 0.784. The molecule has 1 rings (SSSR count). The van der Waals surface area contributed by atoms with Gasteiger partial charge in [-0.25, -0.2) is 0 Å². The van der Waals surface area contributed by atoms with E-state index in [-0.39, 0.29) is 37.4 Å². The minimum absolute atomic E-state index is 0.102. The topological polar surface area (TPSA) is 85.4 Å². The third-order valence-corrected chi connectivity index (χ3v) is 7.79. The van der Waals surface area contributed by atoms with Crippen LogP contribution in [0.25, 0.3) is 0 Å². The Morgan fingerprint density at radius 2 is 1.37 bits per heavy atom. The van der Waals surface area contributed by atoms with Gasteiger partial charge in [-0.2, -0.15) is 0 Å². The first-order chi connectivity index (χ1) is 21.0. The van der Waals surface area contributed by atoms with Crippen LogP contribution in [0, 0.1) is 5.92 Å². The molecule has 6 nitrogen and oxygen atoms in total. The highest BCUT2D eigenvalue weighted by Gasteiger charge is 2.36. The first kappa shape index (κ1) is 39.1. The average Bonchev–Trinajstić information content (AvgIpc) is 3.74. The predicted molar refractivity (Wildman–Crippen MR) is 177 cm³/mol. The van der Waals surface area contributed by atoms with Gasteiger partial charge in [0.25, 0.3) is 0 Å². The number of unbranched alkanes of at least 4 members (excludes halogenated alkanes) is 10. The lowest BCUT2D eigenvalue weighted by Crippen LogP contribution is -2.28. The Morgan fingerprint density at radius 3 is 2.05 bits per heavy atom. The van der Waals surface area contributed by atoms with Crippen LogP contribution >= 0.6 is 0 Å². The van der Waals surface area contributed by atoms with E-state index in [9.17, 15) is 14.7 Å². The lowest BCUT2D eigenvalue weighted by molar-refractivity contribution is -0.161. The van der Waals surface area contributed by atoms with Crippen molar-refractivity contribution >= 4 is 11.9 Å². The molecule has 2 unspecified atom stereocenters. The summed E-state index contributed by atoms with van der Waals surface area (Å²) in [5, 5.41) is 9.52. The molecule has 1 N–H and O–H groups in total. The number of esters is 2. The molecule has 0 amide bonds. The van der Waals surface area contributed by atoms with Crippen molar-refractivity contribution in [3.8, 4) is 0 Å². The molecule has 0 aromatic heterocycles. The van der Waals surface area contributed by atoms with Gasteiger partial charge in [0.2, 0.25) is 0 Å². The van der Waals surface area contributed by atoms with Crippen molar-refractivity contribution in [2.24, 2.45) is 5.92 Å². The number of rotatable bonds is 29. The summed E-state index contributed by atoms with van der Waals surface area (Å²) in [5.74, 6) is 0.127. The zero-order chi connectivity index (χ0) is 31.4. The molecule has 0 aromatic carbocycles. The van der Waals surface area contributed by atoms with Gasteiger partial charge in [-0.05, 0) is 57.3 Å². The van der Waals surface area contributed by atoms with E-state index < -0.39 is 6.10 Å². The molecular weight excluding hydrogens is 540 g/mol. The van der Waals surface area contributed by atoms with Crippen LogP contribution in [-0.2, 0) is 23.8 Å². The van der Waals surface area contributed by atoms with Gasteiger partial charge in [0.15, 0.2) is 6.10 Å². The van der Waals surface area contributed by atoms with Gasteiger partial charge in [-0.15, -0.1) is 0 Å². The molecule has 1 aliphatic rings. The number of allylic oxidation sites excluding steroid dienone is 5. The van der Waals surface area contributed by atoms with Crippen molar-refractivity contribution in [1.82, 2.24) is 0 Å². The van der Waals surface area contributed by atoms with Crippen molar-refractivity contribution < 1.29 is 28.9 Å².